The summed E-state index contributed by atoms with van der Waals surface area (Å²) >= 11 is 8.60. The summed E-state index contributed by atoms with van der Waals surface area (Å²) in [5.41, 5.74) is 2.24. The molecule has 0 N–H and O–H groups in total. The van der Waals surface area contributed by atoms with Crippen molar-refractivity contribution < 1.29 is 4.74 Å². The average molecular weight is 270 g/mol. The van der Waals surface area contributed by atoms with Crippen LogP contribution in [-0.2, 0) is 0 Å². The first-order valence-electron chi connectivity index (χ1n) is 4.68. The second kappa shape index (κ2) is 6.99. The Hall–Kier alpha value is -0.450. The van der Waals surface area contributed by atoms with E-state index in [1.807, 2.05) is 36.8 Å². The van der Waals surface area contributed by atoms with E-state index in [1.165, 1.54) is 0 Å². The Morgan fingerprint density at radius 2 is 1.88 bits per heavy atom. The molecule has 0 amide bonds. The number of hydrogen-bond donors (Lipinski definition) is 0. The van der Waals surface area contributed by atoms with Gasteiger partial charge in [0, 0.05) is 5.57 Å². The van der Waals surface area contributed by atoms with Gasteiger partial charge in [0.15, 0.2) is 0 Å². The molecule has 0 saturated carbocycles. The molecular weight excluding hydrogens is 256 g/mol. The number of rotatable bonds is 4. The van der Waals surface area contributed by atoms with E-state index in [0.29, 0.717) is 0 Å². The van der Waals surface area contributed by atoms with Crippen LogP contribution in [0.4, 0.5) is 0 Å². The topological polar surface area (TPSA) is 9.23 Å². The van der Waals surface area contributed by atoms with Gasteiger partial charge in [0.25, 0.3) is 0 Å². The van der Waals surface area contributed by atoms with Crippen molar-refractivity contribution in [2.24, 2.45) is 0 Å². The third-order valence-corrected chi connectivity index (χ3v) is 3.82. The van der Waals surface area contributed by atoms with Crippen LogP contribution in [0.2, 0.25) is 0 Å². The van der Waals surface area contributed by atoms with Crippen molar-refractivity contribution >= 4 is 45.5 Å². The van der Waals surface area contributed by atoms with E-state index in [-0.39, 0.29) is 0 Å². The predicted molar refractivity (Wildman–Crippen MR) is 80.6 cm³/mol. The van der Waals surface area contributed by atoms with Gasteiger partial charge in [0.1, 0.15) is 5.75 Å². The van der Waals surface area contributed by atoms with Gasteiger partial charge in [-0.25, -0.2) is 0 Å². The maximum Gasteiger partial charge on any atom is 0.118 e. The molecule has 1 rings (SSSR count). The first-order chi connectivity index (χ1) is 7.72. The first-order valence-corrected chi connectivity index (χ1v) is 7.60. The van der Waals surface area contributed by atoms with Crippen LogP contribution in [0.15, 0.2) is 29.7 Å². The molecule has 0 radical (unpaired) electrons. The molecule has 16 heavy (non-hydrogen) atoms. The predicted octanol–water partition coefficient (Wildman–Crippen LogP) is 4.09. The highest BCUT2D eigenvalue weighted by atomic mass is 32.2. The van der Waals surface area contributed by atoms with Gasteiger partial charge in [-0.3, -0.25) is 0 Å². The fraction of sp³-hybridized carbons (Fsp3) is 0.250. The lowest BCUT2D eigenvalue weighted by Crippen LogP contribution is -1.93. The molecule has 0 atom stereocenters. The smallest absolute Gasteiger partial charge is 0.118 e. The maximum atomic E-state index is 5.34. The number of hydrogen-bond acceptors (Lipinski definition) is 4. The van der Waals surface area contributed by atoms with Crippen LogP contribution in [-0.4, -0.2) is 23.8 Å². The van der Waals surface area contributed by atoms with Gasteiger partial charge in [0.05, 0.1) is 11.3 Å². The van der Waals surface area contributed by atoms with E-state index in [4.69, 9.17) is 17.0 Å². The Labute approximate surface area is 111 Å². The van der Waals surface area contributed by atoms with Gasteiger partial charge in [0.2, 0.25) is 0 Å². The lowest BCUT2D eigenvalue weighted by molar-refractivity contribution is 0.415. The zero-order chi connectivity index (χ0) is 12.0. The van der Waals surface area contributed by atoms with Crippen molar-refractivity contribution in [2.45, 2.75) is 0 Å². The summed E-state index contributed by atoms with van der Waals surface area (Å²) in [7, 11) is 1.67. The van der Waals surface area contributed by atoms with E-state index in [1.54, 1.807) is 30.6 Å². The van der Waals surface area contributed by atoms with E-state index >= 15 is 0 Å². The minimum atomic E-state index is 0.863. The molecule has 0 saturated heterocycles. The number of methoxy groups -OCH3 is 1. The highest BCUT2D eigenvalue weighted by molar-refractivity contribution is 8.24. The molecule has 0 heterocycles. The molecule has 0 fully saturated rings. The molecule has 0 aromatic heterocycles. The van der Waals surface area contributed by atoms with Gasteiger partial charge in [-0.1, -0.05) is 24.4 Å². The molecule has 1 aromatic rings. The highest BCUT2D eigenvalue weighted by Gasteiger charge is 2.06. The normalized spacial score (nSPS) is 11.3. The molecular formula is C12H14OS3. The summed E-state index contributed by atoms with van der Waals surface area (Å²) in [6, 6.07) is 7.96. The standard InChI is InChI=1S/C12H14OS3/c1-13-10-6-4-9(5-7-10)11(8-15-2)12(14)16-3/h4-8H,1-3H3/b11-8+. The molecule has 1 aromatic carbocycles. The van der Waals surface area contributed by atoms with Gasteiger partial charge in [-0.05, 0) is 35.6 Å². The Kier molecular flexibility index (Phi) is 5.95. The second-order valence-corrected chi connectivity index (χ2v) is 5.18. The maximum absolute atomic E-state index is 5.34. The third kappa shape index (κ3) is 3.54. The van der Waals surface area contributed by atoms with Crippen molar-refractivity contribution in [3.8, 4) is 5.75 Å². The molecule has 0 unspecified atom stereocenters. The lowest BCUT2D eigenvalue weighted by atomic mass is 10.1. The molecule has 4 heteroatoms. The van der Waals surface area contributed by atoms with Crippen molar-refractivity contribution in [1.82, 2.24) is 0 Å². The quantitative estimate of drug-likeness (QED) is 0.601. The number of thiocarbonyl (C=S) groups is 1. The largest absolute Gasteiger partial charge is 0.497 e. The molecule has 0 aliphatic rings. The SMILES string of the molecule is COc1ccc(/C(=C\SC)C(=S)SC)cc1. The van der Waals surface area contributed by atoms with Gasteiger partial charge in [-0.15, -0.1) is 23.5 Å². The van der Waals surface area contributed by atoms with Crippen LogP contribution in [0.5, 0.6) is 5.75 Å². The first kappa shape index (κ1) is 13.6. The van der Waals surface area contributed by atoms with Crippen LogP contribution >= 0.6 is 35.7 Å². The van der Waals surface area contributed by atoms with Crippen LogP contribution in [0.3, 0.4) is 0 Å². The Bertz CT molecular complexity index is 382. The summed E-state index contributed by atoms with van der Waals surface area (Å²) in [6.07, 6.45) is 4.03. The lowest BCUT2D eigenvalue weighted by Gasteiger charge is -2.08. The monoisotopic (exact) mass is 270 g/mol. The Balaban J connectivity index is 3.02. The Morgan fingerprint density at radius 3 is 2.31 bits per heavy atom. The average Bonchev–Trinajstić information content (AvgIpc) is 2.35. The fourth-order valence-corrected chi connectivity index (χ4v) is 2.44. The highest BCUT2D eigenvalue weighted by Crippen LogP contribution is 2.25. The van der Waals surface area contributed by atoms with Gasteiger partial charge >= 0.3 is 0 Å². The Morgan fingerprint density at radius 1 is 1.25 bits per heavy atom. The van der Waals surface area contributed by atoms with Crippen LogP contribution < -0.4 is 4.74 Å². The third-order valence-electron chi connectivity index (χ3n) is 2.04. The minimum absolute atomic E-state index is 0.863. The molecule has 0 spiro atoms. The van der Waals surface area contributed by atoms with Gasteiger partial charge < -0.3 is 4.74 Å². The van der Waals surface area contributed by atoms with E-state index in [9.17, 15) is 0 Å². The van der Waals surface area contributed by atoms with Crippen molar-refractivity contribution in [1.29, 1.82) is 0 Å². The van der Waals surface area contributed by atoms with E-state index in [0.717, 1.165) is 21.1 Å². The van der Waals surface area contributed by atoms with Gasteiger partial charge in [-0.2, -0.15) is 0 Å². The van der Waals surface area contributed by atoms with Crippen molar-refractivity contribution in [3.05, 3.63) is 35.2 Å². The summed E-state index contributed by atoms with van der Waals surface area (Å²) in [6.45, 7) is 0. The number of ether oxygens (including phenoxy) is 1. The van der Waals surface area contributed by atoms with Crippen LogP contribution in [0.1, 0.15) is 5.56 Å². The zero-order valence-corrected chi connectivity index (χ0v) is 12.0. The van der Waals surface area contributed by atoms with Crippen molar-refractivity contribution in [3.63, 3.8) is 0 Å². The fourth-order valence-electron chi connectivity index (χ4n) is 1.23. The second-order valence-electron chi connectivity index (χ2n) is 2.99. The zero-order valence-electron chi connectivity index (χ0n) is 9.52. The number of thioether (sulfide) groups is 2. The van der Waals surface area contributed by atoms with E-state index < -0.39 is 0 Å². The summed E-state index contributed by atoms with van der Waals surface area (Å²) in [5, 5.41) is 2.08. The molecule has 0 bridgehead atoms. The number of benzene rings is 1. The molecule has 0 aliphatic carbocycles. The summed E-state index contributed by atoms with van der Waals surface area (Å²) < 4.78 is 6.05. The van der Waals surface area contributed by atoms with Crippen LogP contribution in [0, 0.1) is 0 Å². The molecule has 86 valence electrons. The van der Waals surface area contributed by atoms with E-state index in [2.05, 4.69) is 5.41 Å². The van der Waals surface area contributed by atoms with Crippen LogP contribution in [0.25, 0.3) is 5.57 Å². The summed E-state index contributed by atoms with van der Waals surface area (Å²) in [5.74, 6) is 0.863. The molecule has 0 aliphatic heterocycles. The molecule has 1 nitrogen and oxygen atoms in total. The minimum Gasteiger partial charge on any atom is -0.497 e. The summed E-state index contributed by atoms with van der Waals surface area (Å²) in [4.78, 5) is 0. The van der Waals surface area contributed by atoms with Crippen molar-refractivity contribution in [2.75, 3.05) is 19.6 Å².